The molecule has 0 aromatic heterocycles. The van der Waals surface area contributed by atoms with Gasteiger partial charge in [0.15, 0.2) is 0 Å². The first kappa shape index (κ1) is 23.7. The summed E-state index contributed by atoms with van der Waals surface area (Å²) in [6, 6.07) is 0.464. The minimum absolute atomic E-state index is 0.0484. The fourth-order valence-corrected chi connectivity index (χ4v) is 4.99. The maximum absolute atomic E-state index is 11.8. The van der Waals surface area contributed by atoms with Gasteiger partial charge in [0.05, 0.1) is 51.7 Å². The molecule has 0 spiro atoms. The third-order valence-corrected chi connectivity index (χ3v) is 6.45. The van der Waals surface area contributed by atoms with Gasteiger partial charge in [0.2, 0.25) is 5.91 Å². The number of halogens is 1. The number of ether oxygens (including phenoxy) is 3. The van der Waals surface area contributed by atoms with Gasteiger partial charge in [-0.05, 0) is 12.8 Å². The molecule has 2 fully saturated rings. The zero-order valence-corrected chi connectivity index (χ0v) is 18.7. The van der Waals surface area contributed by atoms with Crippen LogP contribution in [-0.4, -0.2) is 86.5 Å². The predicted octanol–water partition coefficient (Wildman–Crippen LogP) is 1.27. The van der Waals surface area contributed by atoms with E-state index in [1.54, 1.807) is 0 Å². The summed E-state index contributed by atoms with van der Waals surface area (Å²) in [4.78, 5) is 23.2. The monoisotopic (exact) mass is 481 g/mol. The van der Waals surface area contributed by atoms with Gasteiger partial charge in [-0.25, -0.2) is 4.79 Å². The molecule has 28 heavy (non-hydrogen) atoms. The maximum Gasteiger partial charge on any atom is 0.315 e. The molecule has 0 aromatic rings. The summed E-state index contributed by atoms with van der Waals surface area (Å²) in [5, 5.41) is 10.1. The SMILES string of the molecule is O=C(CCCCC1SCC2NC(=O)NC21)NCCOCCOCCOCCBr. The standard InChI is InChI=1S/C18H32BrN3O5S/c19-5-7-25-9-11-27-12-10-26-8-6-20-16(23)4-2-1-3-15-17-14(13-28-15)21-18(24)22-17/h14-15,17H,1-13H2,(H,20,23)(H2,21,22,24). The van der Waals surface area contributed by atoms with Crippen molar-refractivity contribution in [3.05, 3.63) is 0 Å². The van der Waals surface area contributed by atoms with Gasteiger partial charge < -0.3 is 30.2 Å². The number of amides is 3. The Kier molecular flexibility index (Phi) is 12.2. The summed E-state index contributed by atoms with van der Waals surface area (Å²) < 4.78 is 16.1. The molecule has 3 atom stereocenters. The van der Waals surface area contributed by atoms with Crippen molar-refractivity contribution in [3.8, 4) is 0 Å². The Morgan fingerprint density at radius 1 is 1.07 bits per heavy atom. The number of nitrogens with one attached hydrogen (secondary N) is 3. The first-order valence-corrected chi connectivity index (χ1v) is 12.1. The summed E-state index contributed by atoms with van der Waals surface area (Å²) in [7, 11) is 0. The van der Waals surface area contributed by atoms with Crippen LogP contribution in [0, 0.1) is 0 Å². The van der Waals surface area contributed by atoms with Crippen molar-refractivity contribution in [2.45, 2.75) is 43.0 Å². The van der Waals surface area contributed by atoms with Crippen LogP contribution in [0.1, 0.15) is 25.7 Å². The highest BCUT2D eigenvalue weighted by Crippen LogP contribution is 2.33. The number of rotatable bonds is 16. The largest absolute Gasteiger partial charge is 0.378 e. The van der Waals surface area contributed by atoms with Crippen molar-refractivity contribution in [1.29, 1.82) is 0 Å². The van der Waals surface area contributed by atoms with Gasteiger partial charge in [-0.3, -0.25) is 4.79 Å². The Morgan fingerprint density at radius 3 is 2.54 bits per heavy atom. The average molecular weight is 482 g/mol. The molecule has 8 nitrogen and oxygen atoms in total. The van der Waals surface area contributed by atoms with Crippen LogP contribution < -0.4 is 16.0 Å². The second-order valence-electron chi connectivity index (χ2n) is 6.74. The van der Waals surface area contributed by atoms with E-state index in [1.165, 1.54) is 0 Å². The van der Waals surface area contributed by atoms with E-state index in [1.807, 2.05) is 11.8 Å². The number of carbonyl (C=O) groups excluding carboxylic acids is 2. The van der Waals surface area contributed by atoms with Crippen molar-refractivity contribution < 1.29 is 23.8 Å². The second-order valence-corrected chi connectivity index (χ2v) is 8.81. The molecule has 2 aliphatic rings. The number of alkyl halides is 1. The molecule has 0 aliphatic carbocycles. The second kappa shape index (κ2) is 14.4. The smallest absolute Gasteiger partial charge is 0.315 e. The molecule has 0 radical (unpaired) electrons. The molecule has 3 N–H and O–H groups in total. The van der Waals surface area contributed by atoms with E-state index >= 15 is 0 Å². The molecule has 2 aliphatic heterocycles. The van der Waals surface area contributed by atoms with Crippen molar-refractivity contribution in [2.24, 2.45) is 0 Å². The molecule has 0 bridgehead atoms. The topological polar surface area (TPSA) is 97.9 Å². The number of unbranched alkanes of at least 4 members (excludes halogenated alkanes) is 1. The summed E-state index contributed by atoms with van der Waals surface area (Å²) in [5.41, 5.74) is 0. The predicted molar refractivity (Wildman–Crippen MR) is 113 cm³/mol. The van der Waals surface area contributed by atoms with Crippen molar-refractivity contribution in [3.63, 3.8) is 0 Å². The summed E-state index contributed by atoms with van der Waals surface area (Å²) in [5.74, 6) is 1.04. The Morgan fingerprint density at radius 2 is 1.79 bits per heavy atom. The molecule has 2 saturated heterocycles. The zero-order chi connectivity index (χ0) is 20.0. The van der Waals surface area contributed by atoms with E-state index in [2.05, 4.69) is 31.9 Å². The van der Waals surface area contributed by atoms with Crippen molar-refractivity contribution in [1.82, 2.24) is 16.0 Å². The molecule has 3 amide bonds. The van der Waals surface area contributed by atoms with E-state index in [-0.39, 0.29) is 24.0 Å². The number of hydrogen-bond donors (Lipinski definition) is 3. The van der Waals surface area contributed by atoms with Crippen LogP contribution in [0.3, 0.4) is 0 Å². The van der Waals surface area contributed by atoms with E-state index < -0.39 is 0 Å². The van der Waals surface area contributed by atoms with Crippen LogP contribution in [0.2, 0.25) is 0 Å². The lowest BCUT2D eigenvalue weighted by atomic mass is 10.0. The first-order valence-electron chi connectivity index (χ1n) is 9.95. The first-order chi connectivity index (χ1) is 13.7. The normalized spacial score (nSPS) is 23.3. The quantitative estimate of drug-likeness (QED) is 0.174. The molecular weight excluding hydrogens is 450 g/mol. The van der Waals surface area contributed by atoms with Crippen LogP contribution in [0.25, 0.3) is 0 Å². The Balaban J connectivity index is 1.34. The molecule has 2 heterocycles. The van der Waals surface area contributed by atoms with Crippen LogP contribution in [0.5, 0.6) is 0 Å². The third-order valence-electron chi connectivity index (χ3n) is 4.61. The van der Waals surface area contributed by atoms with Gasteiger partial charge in [-0.1, -0.05) is 22.4 Å². The highest BCUT2D eigenvalue weighted by Gasteiger charge is 2.42. The van der Waals surface area contributed by atoms with Gasteiger partial charge in [-0.2, -0.15) is 11.8 Å². The molecule has 3 unspecified atom stereocenters. The summed E-state index contributed by atoms with van der Waals surface area (Å²) >= 11 is 5.20. The van der Waals surface area contributed by atoms with Gasteiger partial charge in [0.1, 0.15) is 0 Å². The van der Waals surface area contributed by atoms with E-state index in [4.69, 9.17) is 14.2 Å². The summed E-state index contributed by atoms with van der Waals surface area (Å²) in [6.07, 6.45) is 3.43. The van der Waals surface area contributed by atoms with Gasteiger partial charge in [0, 0.05) is 29.3 Å². The van der Waals surface area contributed by atoms with E-state index in [0.717, 1.165) is 30.3 Å². The Hall–Kier alpha value is -0.550. The molecule has 10 heteroatoms. The lowest BCUT2D eigenvalue weighted by molar-refractivity contribution is -0.121. The van der Waals surface area contributed by atoms with Gasteiger partial charge >= 0.3 is 6.03 Å². The van der Waals surface area contributed by atoms with Crippen LogP contribution >= 0.6 is 27.7 Å². The lowest BCUT2D eigenvalue weighted by Gasteiger charge is -2.16. The number of carbonyl (C=O) groups is 2. The number of thioether (sulfide) groups is 1. The fourth-order valence-electron chi connectivity index (χ4n) is 3.22. The maximum atomic E-state index is 11.8. The highest BCUT2D eigenvalue weighted by molar-refractivity contribution is 9.09. The molecule has 2 rings (SSSR count). The van der Waals surface area contributed by atoms with Crippen LogP contribution in [0.4, 0.5) is 4.79 Å². The van der Waals surface area contributed by atoms with E-state index in [9.17, 15) is 9.59 Å². The van der Waals surface area contributed by atoms with Crippen molar-refractivity contribution in [2.75, 3.05) is 57.3 Å². The molecule has 162 valence electrons. The molecular formula is C18H32BrN3O5S. The number of hydrogen-bond acceptors (Lipinski definition) is 6. The number of fused-ring (bicyclic) bond motifs is 1. The van der Waals surface area contributed by atoms with Gasteiger partial charge in [0.25, 0.3) is 0 Å². The minimum atomic E-state index is -0.0484. The number of urea groups is 1. The molecule has 0 saturated carbocycles. The lowest BCUT2D eigenvalue weighted by Crippen LogP contribution is -2.36. The zero-order valence-electron chi connectivity index (χ0n) is 16.3. The molecule has 0 aromatic carbocycles. The highest BCUT2D eigenvalue weighted by atomic mass is 79.9. The van der Waals surface area contributed by atoms with Crippen molar-refractivity contribution >= 4 is 39.6 Å². The average Bonchev–Trinajstić information content (AvgIpc) is 3.22. The Bertz CT molecular complexity index is 475. The third kappa shape index (κ3) is 9.30. The Labute approximate surface area is 179 Å². The summed E-state index contributed by atoms with van der Waals surface area (Å²) in [6.45, 7) is 3.90. The van der Waals surface area contributed by atoms with Crippen LogP contribution in [-0.2, 0) is 19.0 Å². The van der Waals surface area contributed by atoms with Crippen LogP contribution in [0.15, 0.2) is 0 Å². The van der Waals surface area contributed by atoms with Gasteiger partial charge in [-0.15, -0.1) is 0 Å². The van der Waals surface area contributed by atoms with E-state index in [0.29, 0.717) is 57.9 Å². The fraction of sp³-hybridized carbons (Fsp3) is 0.889. The minimum Gasteiger partial charge on any atom is -0.378 e.